The number of fused-ring (bicyclic) bond motifs is 3. The molecule has 206 valence electrons. The van der Waals surface area contributed by atoms with E-state index in [0.29, 0.717) is 36.5 Å². The minimum atomic E-state index is -3.11. The summed E-state index contributed by atoms with van der Waals surface area (Å²) in [6, 6.07) is 4.89. The van der Waals surface area contributed by atoms with E-state index in [1.807, 2.05) is 19.9 Å². The first-order valence-corrected chi connectivity index (χ1v) is 13.6. The van der Waals surface area contributed by atoms with Gasteiger partial charge in [0.25, 0.3) is 5.92 Å². The summed E-state index contributed by atoms with van der Waals surface area (Å²) in [6.45, 7) is 4.40. The van der Waals surface area contributed by atoms with Gasteiger partial charge in [0, 0.05) is 35.6 Å². The number of rotatable bonds is 9. The molecule has 1 saturated carbocycles. The van der Waals surface area contributed by atoms with E-state index >= 15 is 8.78 Å². The zero-order valence-electron chi connectivity index (χ0n) is 21.6. The smallest absolute Gasteiger partial charge is 0.255 e. The fourth-order valence-electron chi connectivity index (χ4n) is 6.03. The molecule has 3 N–H and O–H groups in total. The third-order valence-electron chi connectivity index (χ3n) is 7.78. The highest BCUT2D eigenvalue weighted by molar-refractivity contribution is 6.30. The van der Waals surface area contributed by atoms with E-state index < -0.39 is 60.2 Å². The summed E-state index contributed by atoms with van der Waals surface area (Å²) in [5.74, 6) is -6.18. The summed E-state index contributed by atoms with van der Waals surface area (Å²) < 4.78 is 30.2. The molecule has 5 rings (SSSR count). The molecule has 3 heterocycles. The lowest BCUT2D eigenvalue weighted by atomic mass is 9.71. The number of anilines is 1. The van der Waals surface area contributed by atoms with Crippen LogP contribution in [0.5, 0.6) is 0 Å². The van der Waals surface area contributed by atoms with Crippen molar-refractivity contribution in [1.29, 1.82) is 5.26 Å². The van der Waals surface area contributed by atoms with Crippen LogP contribution < -0.4 is 16.0 Å². The summed E-state index contributed by atoms with van der Waals surface area (Å²) >= 11 is 6.12. The molecule has 3 saturated heterocycles. The van der Waals surface area contributed by atoms with Crippen LogP contribution in [0, 0.1) is 29.1 Å². The largest absolute Gasteiger partial charge is 0.374 e. The molecule has 2 bridgehead atoms. The number of hydrogen-bond donors (Lipinski definition) is 3. The number of piperidine rings is 2. The highest BCUT2D eigenvalue weighted by Gasteiger charge is 2.61. The second-order valence-electron chi connectivity index (χ2n) is 11.0. The van der Waals surface area contributed by atoms with E-state index in [1.54, 1.807) is 24.3 Å². The fraction of sp³-hybridized carbons (Fsp3) is 0.630. The summed E-state index contributed by atoms with van der Waals surface area (Å²) in [4.78, 5) is 40.9. The van der Waals surface area contributed by atoms with Gasteiger partial charge in [-0.3, -0.25) is 14.4 Å². The van der Waals surface area contributed by atoms with Crippen molar-refractivity contribution < 1.29 is 23.2 Å². The van der Waals surface area contributed by atoms with Gasteiger partial charge in [-0.15, -0.1) is 0 Å². The number of carbonyl (C=O) groups excluding carboxylic acids is 3. The van der Waals surface area contributed by atoms with E-state index in [-0.39, 0.29) is 24.7 Å². The van der Waals surface area contributed by atoms with E-state index in [4.69, 9.17) is 11.6 Å². The summed E-state index contributed by atoms with van der Waals surface area (Å²) in [5.41, 5.74) is 0.615. The van der Waals surface area contributed by atoms with Crippen LogP contribution in [0.1, 0.15) is 52.4 Å². The van der Waals surface area contributed by atoms with Crippen LogP contribution in [0.15, 0.2) is 24.3 Å². The standard InChI is InChI=1S/C27H34ClF2N5O3/c1-15(2)10-22(33-18-5-3-4-17(28)12-18)26(38)35-20-6-7-21(27(29,30)13-20)23(35)25(37)34-19(14-31)11-16-8-9-32-24(16)36/h3-5,12,15-16,19-23,33H,6-11,13H2,1-2H3,(H,32,36)(H,34,37)/t16-,19-,20-,21-,22-,23+/m1/s1. The number of nitrogens with one attached hydrogen (secondary N) is 3. The first-order valence-electron chi connectivity index (χ1n) is 13.2. The molecule has 0 spiro atoms. The van der Waals surface area contributed by atoms with E-state index in [2.05, 4.69) is 16.0 Å². The molecule has 0 aromatic heterocycles. The molecule has 1 aromatic carbocycles. The van der Waals surface area contributed by atoms with Crippen molar-refractivity contribution >= 4 is 35.0 Å². The van der Waals surface area contributed by atoms with Crippen molar-refractivity contribution in [2.24, 2.45) is 17.8 Å². The molecule has 3 aliphatic heterocycles. The Morgan fingerprint density at radius 3 is 2.66 bits per heavy atom. The lowest BCUT2D eigenvalue weighted by molar-refractivity contribution is -0.194. The summed E-state index contributed by atoms with van der Waals surface area (Å²) in [5, 5.41) is 18.6. The maximum atomic E-state index is 15.1. The Bertz CT molecular complexity index is 1110. The Kier molecular flexibility index (Phi) is 8.46. The van der Waals surface area contributed by atoms with Crippen molar-refractivity contribution in [3.05, 3.63) is 29.3 Å². The van der Waals surface area contributed by atoms with Crippen LogP contribution in [0.2, 0.25) is 5.02 Å². The van der Waals surface area contributed by atoms with Crippen molar-refractivity contribution in [2.45, 2.75) is 82.5 Å². The molecule has 1 aromatic rings. The van der Waals surface area contributed by atoms with E-state index in [9.17, 15) is 19.6 Å². The molecule has 1 aliphatic carbocycles. The number of halogens is 3. The van der Waals surface area contributed by atoms with Crippen molar-refractivity contribution in [2.75, 3.05) is 11.9 Å². The molecular weight excluding hydrogens is 516 g/mol. The van der Waals surface area contributed by atoms with E-state index in [0.717, 1.165) is 0 Å². The van der Waals surface area contributed by atoms with Gasteiger partial charge in [-0.25, -0.2) is 8.78 Å². The first-order chi connectivity index (χ1) is 18.0. The first kappa shape index (κ1) is 28.1. The third kappa shape index (κ3) is 6.04. The topological polar surface area (TPSA) is 114 Å². The Balaban J connectivity index is 1.59. The fourth-order valence-corrected chi connectivity index (χ4v) is 6.22. The minimum Gasteiger partial charge on any atom is -0.374 e. The van der Waals surface area contributed by atoms with Crippen LogP contribution in [-0.2, 0) is 14.4 Å². The Hall–Kier alpha value is -2.93. The SMILES string of the molecule is CC(C)C[C@@H](Nc1cccc(Cl)c1)C(=O)N1[C@@H]2CC[C@H]([C@H]1C(=O)N[C@@H](C#N)C[C@H]1CCNC1=O)C(F)(F)C2. The Morgan fingerprint density at radius 2 is 2.05 bits per heavy atom. The van der Waals surface area contributed by atoms with Gasteiger partial charge in [-0.2, -0.15) is 5.26 Å². The van der Waals surface area contributed by atoms with Gasteiger partial charge in [0.1, 0.15) is 18.1 Å². The lowest BCUT2D eigenvalue weighted by Crippen LogP contribution is -2.70. The second-order valence-corrected chi connectivity index (χ2v) is 11.5. The van der Waals surface area contributed by atoms with E-state index in [1.165, 1.54) is 4.90 Å². The number of nitrogens with zero attached hydrogens (tertiary/aromatic N) is 2. The number of amides is 3. The van der Waals surface area contributed by atoms with Crippen molar-refractivity contribution in [3.8, 4) is 6.07 Å². The van der Waals surface area contributed by atoms with Crippen LogP contribution >= 0.6 is 11.6 Å². The summed E-state index contributed by atoms with van der Waals surface area (Å²) in [6.07, 6.45) is 1.04. The maximum absolute atomic E-state index is 15.1. The predicted octanol–water partition coefficient (Wildman–Crippen LogP) is 3.72. The summed E-state index contributed by atoms with van der Waals surface area (Å²) in [7, 11) is 0. The highest BCUT2D eigenvalue weighted by Crippen LogP contribution is 2.49. The number of alkyl halides is 2. The monoisotopic (exact) mass is 549 g/mol. The van der Waals surface area contributed by atoms with Gasteiger partial charge in [-0.05, 0) is 56.2 Å². The van der Waals surface area contributed by atoms with Crippen LogP contribution in [0.3, 0.4) is 0 Å². The zero-order chi connectivity index (χ0) is 27.6. The quantitative estimate of drug-likeness (QED) is 0.434. The molecule has 4 fully saturated rings. The number of hydrogen-bond acceptors (Lipinski definition) is 5. The normalized spacial score (nSPS) is 27.4. The molecule has 0 radical (unpaired) electrons. The van der Waals surface area contributed by atoms with Gasteiger partial charge in [0.2, 0.25) is 17.7 Å². The van der Waals surface area contributed by atoms with Crippen LogP contribution in [-0.4, -0.2) is 59.3 Å². The third-order valence-corrected chi connectivity index (χ3v) is 8.02. The number of nitriles is 1. The van der Waals surface area contributed by atoms with Gasteiger partial charge in [0.05, 0.1) is 12.0 Å². The Morgan fingerprint density at radius 1 is 1.29 bits per heavy atom. The minimum absolute atomic E-state index is 0.0888. The van der Waals surface area contributed by atoms with Gasteiger partial charge >= 0.3 is 0 Å². The molecule has 3 amide bonds. The van der Waals surface area contributed by atoms with Crippen LogP contribution in [0.4, 0.5) is 14.5 Å². The Labute approximate surface area is 226 Å². The van der Waals surface area contributed by atoms with Gasteiger partial charge in [0.15, 0.2) is 0 Å². The van der Waals surface area contributed by atoms with Crippen LogP contribution in [0.25, 0.3) is 0 Å². The molecular formula is C27H34ClF2N5O3. The molecule has 8 nitrogen and oxygen atoms in total. The van der Waals surface area contributed by atoms with Gasteiger partial charge in [-0.1, -0.05) is 31.5 Å². The molecule has 4 aliphatic rings. The highest BCUT2D eigenvalue weighted by atomic mass is 35.5. The lowest BCUT2D eigenvalue weighted by Gasteiger charge is -2.54. The number of carbonyl (C=O) groups is 3. The van der Waals surface area contributed by atoms with Crippen molar-refractivity contribution in [3.63, 3.8) is 0 Å². The average molecular weight is 550 g/mol. The molecule has 11 heteroatoms. The van der Waals surface area contributed by atoms with Crippen molar-refractivity contribution in [1.82, 2.24) is 15.5 Å². The molecule has 0 unspecified atom stereocenters. The maximum Gasteiger partial charge on any atom is 0.255 e. The number of benzene rings is 1. The second kappa shape index (κ2) is 11.4. The van der Waals surface area contributed by atoms with Gasteiger partial charge < -0.3 is 20.9 Å². The molecule has 6 atom stereocenters. The molecule has 38 heavy (non-hydrogen) atoms. The zero-order valence-corrected chi connectivity index (χ0v) is 22.3. The average Bonchev–Trinajstić information content (AvgIpc) is 3.25. The predicted molar refractivity (Wildman–Crippen MR) is 138 cm³/mol.